The van der Waals surface area contributed by atoms with E-state index in [2.05, 4.69) is 17.3 Å². The van der Waals surface area contributed by atoms with Gasteiger partial charge in [-0.3, -0.25) is 0 Å². The van der Waals surface area contributed by atoms with Gasteiger partial charge in [-0.15, -0.1) is 0 Å². The molecule has 0 saturated carbocycles. The molecule has 0 aromatic heterocycles. The smallest absolute Gasteiger partial charge is 0.0591 e. The van der Waals surface area contributed by atoms with Crippen LogP contribution in [-0.4, -0.2) is 49.3 Å². The molecule has 0 radical (unpaired) electrons. The average molecular weight is 156 g/mol. The number of aliphatic hydroxyl groups excluding tert-OH is 1. The van der Waals surface area contributed by atoms with Crippen molar-refractivity contribution in [3.8, 4) is 0 Å². The van der Waals surface area contributed by atoms with Gasteiger partial charge >= 0.3 is 0 Å². The maximum Gasteiger partial charge on any atom is 0.0591 e. The van der Waals surface area contributed by atoms with Crippen LogP contribution in [0.3, 0.4) is 0 Å². The van der Waals surface area contributed by atoms with Gasteiger partial charge < -0.3 is 15.3 Å². The number of aliphatic hydroxyl groups is 1. The summed E-state index contributed by atoms with van der Waals surface area (Å²) in [7, 11) is 2.14. The van der Waals surface area contributed by atoms with Gasteiger partial charge in [-0.25, -0.2) is 0 Å². The largest absolute Gasteiger partial charge is 0.395 e. The van der Waals surface area contributed by atoms with Crippen LogP contribution in [0.15, 0.2) is 0 Å². The van der Waals surface area contributed by atoms with Gasteiger partial charge in [0, 0.05) is 24.5 Å². The molecule has 0 bridgehead atoms. The minimum absolute atomic E-state index is 0.299. The molecular formula is C8H16N2O. The summed E-state index contributed by atoms with van der Waals surface area (Å²) in [5, 5.41) is 12.4. The zero-order chi connectivity index (χ0) is 7.90. The van der Waals surface area contributed by atoms with Crippen molar-refractivity contribution in [1.29, 1.82) is 0 Å². The van der Waals surface area contributed by atoms with Crippen LogP contribution in [-0.2, 0) is 0 Å². The molecule has 2 N–H and O–H groups in total. The van der Waals surface area contributed by atoms with Crippen LogP contribution in [0, 0.1) is 5.41 Å². The molecule has 0 aliphatic carbocycles. The first-order valence-corrected chi connectivity index (χ1v) is 4.30. The Morgan fingerprint density at radius 3 is 2.91 bits per heavy atom. The van der Waals surface area contributed by atoms with E-state index >= 15 is 0 Å². The number of likely N-dealkylation sites (tertiary alicyclic amines) is 1. The van der Waals surface area contributed by atoms with Crippen molar-refractivity contribution < 1.29 is 5.11 Å². The summed E-state index contributed by atoms with van der Waals surface area (Å²) in [4.78, 5) is 2.32. The number of nitrogens with zero attached hydrogens (tertiary/aromatic N) is 1. The topological polar surface area (TPSA) is 35.5 Å². The molecular weight excluding hydrogens is 140 g/mol. The molecule has 0 aromatic carbocycles. The summed E-state index contributed by atoms with van der Waals surface area (Å²) in [6.07, 6.45) is 1.24. The Bertz CT molecular complexity index is 154. The number of hydrogen-bond donors (Lipinski definition) is 2. The summed E-state index contributed by atoms with van der Waals surface area (Å²) >= 11 is 0. The molecule has 11 heavy (non-hydrogen) atoms. The predicted molar refractivity (Wildman–Crippen MR) is 43.4 cm³/mol. The number of nitrogens with one attached hydrogen (secondary N) is 1. The van der Waals surface area contributed by atoms with E-state index in [-0.39, 0.29) is 0 Å². The molecule has 0 aromatic rings. The highest BCUT2D eigenvalue weighted by atomic mass is 16.3. The van der Waals surface area contributed by atoms with Crippen molar-refractivity contribution in [3.63, 3.8) is 0 Å². The van der Waals surface area contributed by atoms with Crippen LogP contribution in [0.5, 0.6) is 0 Å². The van der Waals surface area contributed by atoms with E-state index in [1.54, 1.807) is 0 Å². The highest BCUT2D eigenvalue weighted by Crippen LogP contribution is 2.39. The Balaban J connectivity index is 2.01. The van der Waals surface area contributed by atoms with E-state index in [4.69, 9.17) is 5.11 Å². The minimum Gasteiger partial charge on any atom is -0.395 e. The van der Waals surface area contributed by atoms with Crippen LogP contribution in [0.2, 0.25) is 0 Å². The first kappa shape index (κ1) is 7.53. The van der Waals surface area contributed by atoms with Crippen molar-refractivity contribution in [2.24, 2.45) is 5.41 Å². The summed E-state index contributed by atoms with van der Waals surface area (Å²) in [6.45, 7) is 3.70. The van der Waals surface area contributed by atoms with Crippen LogP contribution in [0.4, 0.5) is 0 Å². The van der Waals surface area contributed by atoms with Crippen LogP contribution < -0.4 is 5.32 Å². The lowest BCUT2D eigenvalue weighted by Gasteiger charge is -2.49. The molecule has 2 heterocycles. The van der Waals surface area contributed by atoms with Gasteiger partial charge in [0.2, 0.25) is 0 Å². The van der Waals surface area contributed by atoms with Crippen molar-refractivity contribution in [1.82, 2.24) is 10.2 Å². The quantitative estimate of drug-likeness (QED) is 0.525. The maximum absolute atomic E-state index is 9.07. The predicted octanol–water partition coefficient (Wildman–Crippen LogP) is -0.728. The highest BCUT2D eigenvalue weighted by Gasteiger charge is 2.49. The molecule has 1 spiro atoms. The lowest BCUT2D eigenvalue weighted by atomic mass is 9.74. The molecule has 2 aliphatic rings. The second-order valence-corrected chi connectivity index (χ2v) is 3.97. The van der Waals surface area contributed by atoms with Crippen LogP contribution >= 0.6 is 0 Å². The van der Waals surface area contributed by atoms with Crippen molar-refractivity contribution in [2.75, 3.05) is 33.3 Å². The molecule has 3 nitrogen and oxygen atoms in total. The Kier molecular flexibility index (Phi) is 1.67. The summed E-state index contributed by atoms with van der Waals surface area (Å²) in [5.74, 6) is 0. The molecule has 0 amide bonds. The second-order valence-electron chi connectivity index (χ2n) is 3.97. The Morgan fingerprint density at radius 2 is 2.36 bits per heavy atom. The van der Waals surface area contributed by atoms with Gasteiger partial charge in [-0.2, -0.15) is 0 Å². The molecule has 0 unspecified atom stereocenters. The van der Waals surface area contributed by atoms with E-state index in [0.717, 1.165) is 19.6 Å². The average Bonchev–Trinajstić information content (AvgIpc) is 2.31. The maximum atomic E-state index is 9.07. The van der Waals surface area contributed by atoms with Gasteiger partial charge in [-0.05, 0) is 20.0 Å². The van der Waals surface area contributed by atoms with Gasteiger partial charge in [-0.1, -0.05) is 0 Å². The Morgan fingerprint density at radius 1 is 1.64 bits per heavy atom. The fraction of sp³-hybridized carbons (Fsp3) is 1.00. The Labute approximate surface area is 67.4 Å². The molecule has 3 heteroatoms. The van der Waals surface area contributed by atoms with Gasteiger partial charge in [0.15, 0.2) is 0 Å². The van der Waals surface area contributed by atoms with E-state index < -0.39 is 0 Å². The van der Waals surface area contributed by atoms with E-state index in [1.807, 2.05) is 0 Å². The van der Waals surface area contributed by atoms with Gasteiger partial charge in [0.1, 0.15) is 0 Å². The lowest BCUT2D eigenvalue weighted by molar-refractivity contribution is -0.00398. The first-order valence-electron chi connectivity index (χ1n) is 4.30. The van der Waals surface area contributed by atoms with E-state index in [0.29, 0.717) is 18.1 Å². The highest BCUT2D eigenvalue weighted by molar-refractivity contribution is 5.05. The molecule has 2 aliphatic heterocycles. The summed E-state index contributed by atoms with van der Waals surface area (Å²) in [5.41, 5.74) is 0.420. The van der Waals surface area contributed by atoms with Crippen molar-refractivity contribution >= 4 is 0 Å². The monoisotopic (exact) mass is 156 g/mol. The number of rotatable bonds is 1. The van der Waals surface area contributed by atoms with Crippen molar-refractivity contribution in [3.05, 3.63) is 0 Å². The molecule has 1 atom stereocenters. The standard InChI is InChI=1S/C8H16N2O/c1-10-5-8(6-10)2-3-9-7(8)4-11/h7,9,11H,2-6H2,1H3/t7-/m1/s1. The van der Waals surface area contributed by atoms with E-state index in [9.17, 15) is 0 Å². The summed E-state index contributed by atoms with van der Waals surface area (Å²) < 4.78 is 0. The SMILES string of the molecule is CN1CC2(CCN[C@@H]2CO)C1. The minimum atomic E-state index is 0.299. The van der Waals surface area contributed by atoms with E-state index in [1.165, 1.54) is 6.42 Å². The molecule has 2 saturated heterocycles. The zero-order valence-corrected chi connectivity index (χ0v) is 7.01. The summed E-state index contributed by atoms with van der Waals surface area (Å²) in [6, 6.07) is 0.360. The zero-order valence-electron chi connectivity index (χ0n) is 7.01. The van der Waals surface area contributed by atoms with Crippen LogP contribution in [0.25, 0.3) is 0 Å². The molecule has 2 fully saturated rings. The van der Waals surface area contributed by atoms with Gasteiger partial charge in [0.25, 0.3) is 0 Å². The molecule has 64 valence electrons. The normalized spacial score (nSPS) is 36.0. The third-order valence-corrected chi connectivity index (χ3v) is 3.11. The first-order chi connectivity index (χ1) is 5.27. The third-order valence-electron chi connectivity index (χ3n) is 3.11. The third kappa shape index (κ3) is 0.991. The lowest BCUT2D eigenvalue weighted by Crippen LogP contribution is -2.60. The van der Waals surface area contributed by atoms with Crippen molar-refractivity contribution in [2.45, 2.75) is 12.5 Å². The van der Waals surface area contributed by atoms with Gasteiger partial charge in [0.05, 0.1) is 6.61 Å². The van der Waals surface area contributed by atoms with Crippen LogP contribution in [0.1, 0.15) is 6.42 Å². The molecule has 2 rings (SSSR count). The fourth-order valence-corrected chi connectivity index (χ4v) is 2.55. The fourth-order valence-electron chi connectivity index (χ4n) is 2.55. The second kappa shape index (κ2) is 2.44. The number of hydrogen-bond acceptors (Lipinski definition) is 3. The Hall–Kier alpha value is -0.120.